The van der Waals surface area contributed by atoms with E-state index in [-0.39, 0.29) is 13.2 Å². The quantitative estimate of drug-likeness (QED) is 0.326. The summed E-state index contributed by atoms with van der Waals surface area (Å²) in [4.78, 5) is 40.8. The summed E-state index contributed by atoms with van der Waals surface area (Å²) in [5.74, 6) is -2.12. The Morgan fingerprint density at radius 2 is 1.42 bits per heavy atom. The molecule has 0 bridgehead atoms. The minimum atomic E-state index is -1.61. The van der Waals surface area contributed by atoms with Crippen LogP contribution in [-0.2, 0) is 20.6 Å². The third-order valence-corrected chi connectivity index (χ3v) is 7.35. The van der Waals surface area contributed by atoms with Crippen LogP contribution in [0.4, 0.5) is 0 Å². The maximum absolute atomic E-state index is 13.5. The van der Waals surface area contributed by atoms with Gasteiger partial charge in [0.05, 0.1) is 16.7 Å². The molecule has 7 heteroatoms. The van der Waals surface area contributed by atoms with Gasteiger partial charge in [0, 0.05) is 6.54 Å². The van der Waals surface area contributed by atoms with Crippen molar-refractivity contribution in [3.8, 4) is 0 Å². The highest BCUT2D eigenvalue weighted by molar-refractivity contribution is 6.48. The molecule has 0 aliphatic carbocycles. The van der Waals surface area contributed by atoms with Crippen molar-refractivity contribution in [1.29, 1.82) is 0 Å². The average Bonchev–Trinajstić information content (AvgIpc) is 3.00. The topological polar surface area (TPSA) is 72.9 Å². The van der Waals surface area contributed by atoms with Crippen molar-refractivity contribution in [3.63, 3.8) is 0 Å². The van der Waals surface area contributed by atoms with Gasteiger partial charge in [0.2, 0.25) is 0 Å². The molecule has 0 radical (unpaired) electrons. The number of hydrogen-bond acceptors (Lipinski definition) is 5. The van der Waals surface area contributed by atoms with E-state index in [2.05, 4.69) is 0 Å². The van der Waals surface area contributed by atoms with Gasteiger partial charge in [-0.3, -0.25) is 19.3 Å². The number of ether oxygens (including phenoxy) is 1. The average molecular weight is 468 g/mol. The lowest BCUT2D eigenvalue weighted by Crippen LogP contribution is -2.57. The van der Waals surface area contributed by atoms with Gasteiger partial charge in [0.15, 0.2) is 9.04 Å². The molecule has 1 aliphatic heterocycles. The van der Waals surface area contributed by atoms with Gasteiger partial charge in [-0.2, -0.15) is 0 Å². The largest absolute Gasteiger partial charge is 0.460 e. The Bertz CT molecular complexity index is 995. The minimum absolute atomic E-state index is 0.102. The Balaban J connectivity index is 1.95. The second-order valence-electron chi connectivity index (χ2n) is 9.94. The zero-order valence-corrected chi connectivity index (χ0v) is 21.4. The van der Waals surface area contributed by atoms with Crippen molar-refractivity contribution < 1.29 is 23.5 Å². The lowest BCUT2D eigenvalue weighted by atomic mass is 9.69. The van der Waals surface area contributed by atoms with E-state index in [0.29, 0.717) is 11.1 Å². The monoisotopic (exact) mass is 467 g/mol. The molecular formula is C26H33NO5Si. The highest BCUT2D eigenvalue weighted by Crippen LogP contribution is 2.42. The molecule has 2 amide bonds. The molecule has 176 valence electrons. The van der Waals surface area contributed by atoms with Gasteiger partial charge in [-0.15, -0.1) is 0 Å². The molecule has 0 saturated heterocycles. The molecule has 0 N–H and O–H groups in total. The Morgan fingerprint density at radius 1 is 0.909 bits per heavy atom. The molecule has 0 unspecified atom stereocenters. The number of amides is 2. The number of carbonyl (C=O) groups is 3. The fourth-order valence-electron chi connectivity index (χ4n) is 4.16. The van der Waals surface area contributed by atoms with E-state index in [4.69, 9.17) is 9.16 Å². The first-order valence-corrected chi connectivity index (χ1v) is 14.1. The van der Waals surface area contributed by atoms with Crippen LogP contribution >= 0.6 is 0 Å². The summed E-state index contributed by atoms with van der Waals surface area (Å²) < 4.78 is 12.2. The van der Waals surface area contributed by atoms with E-state index in [1.165, 1.54) is 0 Å². The van der Waals surface area contributed by atoms with Crippen LogP contribution in [0.15, 0.2) is 54.6 Å². The highest BCUT2D eigenvalue weighted by Gasteiger charge is 2.52. The first-order chi connectivity index (χ1) is 15.5. The van der Waals surface area contributed by atoms with Crippen molar-refractivity contribution >= 4 is 26.8 Å². The number of benzene rings is 2. The predicted octanol–water partition coefficient (Wildman–Crippen LogP) is 4.45. The van der Waals surface area contributed by atoms with Crippen LogP contribution in [-0.4, -0.2) is 43.9 Å². The molecule has 1 aliphatic rings. The first-order valence-electron chi connectivity index (χ1n) is 11.3. The van der Waals surface area contributed by atoms with E-state index in [1.807, 2.05) is 71.1 Å². The molecular weight excluding hydrogens is 434 g/mol. The summed E-state index contributed by atoms with van der Waals surface area (Å²) in [5, 5.41) is 0. The molecule has 0 saturated carbocycles. The minimum Gasteiger partial charge on any atom is -0.460 e. The van der Waals surface area contributed by atoms with Crippen LogP contribution in [0.25, 0.3) is 0 Å². The van der Waals surface area contributed by atoms with Crippen molar-refractivity contribution in [3.05, 3.63) is 71.3 Å². The molecule has 2 aromatic rings. The molecule has 0 spiro atoms. The van der Waals surface area contributed by atoms with E-state index >= 15 is 0 Å². The SMILES string of the molecule is C[SiH](C)O[C@](C)([C@H](CN1C(=O)c2ccccc2C1=O)C(=O)OCc1ccccc1)C(C)(C)C. The molecule has 0 fully saturated rings. The lowest BCUT2D eigenvalue weighted by Gasteiger charge is -2.48. The van der Waals surface area contributed by atoms with Crippen LogP contribution < -0.4 is 0 Å². The Morgan fingerprint density at radius 3 is 1.91 bits per heavy atom. The number of carbonyl (C=O) groups excluding carboxylic acids is 3. The second-order valence-corrected chi connectivity index (χ2v) is 12.3. The second kappa shape index (κ2) is 9.61. The van der Waals surface area contributed by atoms with Gasteiger partial charge >= 0.3 is 5.97 Å². The molecule has 6 nitrogen and oxygen atoms in total. The summed E-state index contributed by atoms with van der Waals surface area (Å²) in [6.45, 7) is 12.0. The Hall–Kier alpha value is -2.77. The number of rotatable bonds is 8. The summed E-state index contributed by atoms with van der Waals surface area (Å²) in [7, 11) is -1.61. The van der Waals surface area contributed by atoms with Crippen LogP contribution in [0.3, 0.4) is 0 Å². The van der Waals surface area contributed by atoms with Gasteiger partial charge in [-0.05, 0) is 43.1 Å². The smallest absolute Gasteiger partial charge is 0.314 e. The van der Waals surface area contributed by atoms with E-state index in [0.717, 1.165) is 10.5 Å². The Kier molecular flexibility index (Phi) is 7.24. The maximum atomic E-state index is 13.5. The van der Waals surface area contributed by atoms with Gasteiger partial charge < -0.3 is 9.16 Å². The van der Waals surface area contributed by atoms with E-state index < -0.39 is 43.8 Å². The van der Waals surface area contributed by atoms with Crippen molar-refractivity contribution in [2.45, 2.75) is 53.0 Å². The summed E-state index contributed by atoms with van der Waals surface area (Å²) in [6.07, 6.45) is 0. The van der Waals surface area contributed by atoms with Crippen molar-refractivity contribution in [2.24, 2.45) is 11.3 Å². The lowest BCUT2D eigenvalue weighted by molar-refractivity contribution is -0.165. The molecule has 1 heterocycles. The molecule has 2 aromatic carbocycles. The van der Waals surface area contributed by atoms with Crippen LogP contribution in [0, 0.1) is 11.3 Å². The normalized spacial score (nSPS) is 16.5. The van der Waals surface area contributed by atoms with Gasteiger partial charge in [0.1, 0.15) is 12.5 Å². The highest BCUT2D eigenvalue weighted by atomic mass is 28.3. The van der Waals surface area contributed by atoms with Gasteiger partial charge in [-0.25, -0.2) is 0 Å². The zero-order valence-electron chi connectivity index (χ0n) is 20.3. The predicted molar refractivity (Wildman–Crippen MR) is 129 cm³/mol. The van der Waals surface area contributed by atoms with Gasteiger partial charge in [0.25, 0.3) is 11.8 Å². The number of nitrogens with zero attached hydrogens (tertiary/aromatic N) is 1. The molecule has 2 atom stereocenters. The molecule has 33 heavy (non-hydrogen) atoms. The van der Waals surface area contributed by atoms with Crippen LogP contribution in [0.2, 0.25) is 13.1 Å². The van der Waals surface area contributed by atoms with Crippen LogP contribution in [0.5, 0.6) is 0 Å². The summed E-state index contributed by atoms with van der Waals surface area (Å²) >= 11 is 0. The Labute approximate surface area is 197 Å². The van der Waals surface area contributed by atoms with E-state index in [9.17, 15) is 14.4 Å². The number of hydrogen-bond donors (Lipinski definition) is 0. The van der Waals surface area contributed by atoms with Crippen LogP contribution in [0.1, 0.15) is 54.0 Å². The number of fused-ring (bicyclic) bond motifs is 1. The van der Waals surface area contributed by atoms with Crippen molar-refractivity contribution in [1.82, 2.24) is 4.90 Å². The zero-order chi connectivity index (χ0) is 24.4. The number of imide groups is 1. The maximum Gasteiger partial charge on any atom is 0.314 e. The fourth-order valence-corrected chi connectivity index (χ4v) is 5.66. The summed E-state index contributed by atoms with van der Waals surface area (Å²) in [5.41, 5.74) is 0.170. The van der Waals surface area contributed by atoms with Gasteiger partial charge in [-0.1, -0.05) is 63.2 Å². The first kappa shape index (κ1) is 24.9. The van der Waals surface area contributed by atoms with Crippen molar-refractivity contribution in [2.75, 3.05) is 6.54 Å². The number of esters is 1. The summed E-state index contributed by atoms with van der Waals surface area (Å²) in [6, 6.07) is 16.2. The molecule has 0 aromatic heterocycles. The fraction of sp³-hybridized carbons (Fsp3) is 0.423. The molecule has 3 rings (SSSR count). The standard InChI is InChI=1S/C26H33NO5Si/c1-25(2,3)26(4,32-33(5)6)21(24(30)31-17-18-12-8-7-9-13-18)16-27-22(28)19-14-10-11-15-20(19)23(27)29/h7-15,21,33H,16-17H2,1-6H3/t21-,26-/m1/s1. The third-order valence-electron chi connectivity index (χ3n) is 6.39. The third kappa shape index (κ3) is 5.09. The van der Waals surface area contributed by atoms with E-state index in [1.54, 1.807) is 24.3 Å².